The van der Waals surface area contributed by atoms with Gasteiger partial charge in [-0.05, 0) is 31.0 Å². The molecule has 9 heteroatoms. The molecule has 0 aliphatic carbocycles. The summed E-state index contributed by atoms with van der Waals surface area (Å²) < 4.78 is 19.3. The molecule has 0 saturated carbocycles. The molecule has 1 saturated heterocycles. The zero-order valence-electron chi connectivity index (χ0n) is 16.1. The van der Waals surface area contributed by atoms with Crippen LogP contribution in [0, 0.1) is 5.82 Å². The van der Waals surface area contributed by atoms with E-state index in [9.17, 15) is 9.18 Å². The lowest BCUT2D eigenvalue weighted by atomic mass is 10.0. The molecule has 29 heavy (non-hydrogen) atoms. The van der Waals surface area contributed by atoms with Gasteiger partial charge in [-0.3, -0.25) is 14.7 Å². The number of piperidine rings is 1. The second kappa shape index (κ2) is 8.79. The van der Waals surface area contributed by atoms with E-state index in [2.05, 4.69) is 20.1 Å². The van der Waals surface area contributed by atoms with Crippen LogP contribution < -0.4 is 0 Å². The third-order valence-electron chi connectivity index (χ3n) is 5.15. The van der Waals surface area contributed by atoms with Crippen molar-refractivity contribution in [3.63, 3.8) is 0 Å². The van der Waals surface area contributed by atoms with Crippen molar-refractivity contribution >= 4 is 17.2 Å². The average molecular weight is 415 g/mol. The van der Waals surface area contributed by atoms with Crippen molar-refractivity contribution in [2.24, 2.45) is 0 Å². The Morgan fingerprint density at radius 1 is 1.31 bits per heavy atom. The van der Waals surface area contributed by atoms with E-state index in [-0.39, 0.29) is 11.7 Å². The smallest absolute Gasteiger partial charge is 0.247 e. The van der Waals surface area contributed by atoms with Crippen LogP contribution >= 0.6 is 11.3 Å². The van der Waals surface area contributed by atoms with Gasteiger partial charge >= 0.3 is 0 Å². The summed E-state index contributed by atoms with van der Waals surface area (Å²) in [5.41, 5.74) is 2.38. The molecule has 0 radical (unpaired) electrons. The molecule has 1 aromatic carbocycles. The average Bonchev–Trinajstić information content (AvgIpc) is 3.40. The normalized spacial score (nSPS) is 15.2. The molecule has 0 atom stereocenters. The van der Waals surface area contributed by atoms with Crippen LogP contribution in [0.1, 0.15) is 30.5 Å². The number of carbonyl (C=O) groups is 1. The molecule has 1 aliphatic heterocycles. The van der Waals surface area contributed by atoms with Gasteiger partial charge in [0.2, 0.25) is 17.7 Å². The van der Waals surface area contributed by atoms with E-state index in [1.54, 1.807) is 30.4 Å². The number of hydrogen-bond donors (Lipinski definition) is 0. The maximum absolute atomic E-state index is 13.5. The van der Waals surface area contributed by atoms with Crippen molar-refractivity contribution in [1.82, 2.24) is 25.0 Å². The predicted molar refractivity (Wildman–Crippen MR) is 106 cm³/mol. The molecule has 0 spiro atoms. The number of rotatable bonds is 6. The zero-order valence-corrected chi connectivity index (χ0v) is 16.9. The molecule has 1 fully saturated rings. The van der Waals surface area contributed by atoms with Crippen LogP contribution in [0.25, 0.3) is 11.5 Å². The van der Waals surface area contributed by atoms with E-state index < -0.39 is 0 Å². The van der Waals surface area contributed by atoms with Crippen molar-refractivity contribution in [2.75, 3.05) is 13.1 Å². The van der Waals surface area contributed by atoms with E-state index >= 15 is 0 Å². The molecule has 0 N–H and O–H groups in total. The number of hydrogen-bond acceptors (Lipinski definition) is 7. The molecular weight excluding hydrogens is 393 g/mol. The first-order valence-electron chi connectivity index (χ1n) is 9.54. The second-order valence-electron chi connectivity index (χ2n) is 7.12. The minimum atomic E-state index is -0.341. The van der Waals surface area contributed by atoms with Gasteiger partial charge in [0.25, 0.3) is 0 Å². The molecule has 3 aromatic rings. The highest BCUT2D eigenvalue weighted by molar-refractivity contribution is 7.09. The van der Waals surface area contributed by atoms with E-state index in [0.29, 0.717) is 29.9 Å². The molecule has 0 unspecified atom stereocenters. The Bertz CT molecular complexity index is 953. The Kier molecular flexibility index (Phi) is 5.96. The molecule has 3 heterocycles. The number of halogens is 1. The standard InChI is InChI=1S/C20H22FN5O2S/c1-14(27)25-7-5-17(6-8-25)26(11-18-10-22-13-29-18)12-19-23-24-20(28-19)15-3-2-4-16(21)9-15/h2-4,9-10,13,17H,5-8,11-12H2,1H3. The second-order valence-corrected chi connectivity index (χ2v) is 8.09. The van der Waals surface area contributed by atoms with Crippen LogP contribution in [0.4, 0.5) is 4.39 Å². The quantitative estimate of drug-likeness (QED) is 0.615. The first-order chi connectivity index (χ1) is 14.1. The van der Waals surface area contributed by atoms with E-state index in [0.717, 1.165) is 37.4 Å². The van der Waals surface area contributed by atoms with Gasteiger partial charge in [-0.15, -0.1) is 21.5 Å². The highest BCUT2D eigenvalue weighted by atomic mass is 32.1. The fourth-order valence-corrected chi connectivity index (χ4v) is 4.23. The lowest BCUT2D eigenvalue weighted by molar-refractivity contribution is -0.130. The van der Waals surface area contributed by atoms with Crippen molar-refractivity contribution in [3.8, 4) is 11.5 Å². The monoisotopic (exact) mass is 415 g/mol. The van der Waals surface area contributed by atoms with Gasteiger partial charge in [0.1, 0.15) is 5.82 Å². The van der Waals surface area contributed by atoms with Crippen LogP contribution in [0.3, 0.4) is 0 Å². The molecule has 1 amide bonds. The summed E-state index contributed by atoms with van der Waals surface area (Å²) in [5, 5.41) is 8.26. The SMILES string of the molecule is CC(=O)N1CCC(N(Cc2nnc(-c3cccc(F)c3)o2)Cc2cncs2)CC1. The Hall–Kier alpha value is -2.65. The largest absolute Gasteiger partial charge is 0.419 e. The van der Waals surface area contributed by atoms with E-state index in [1.807, 2.05) is 16.6 Å². The number of nitrogens with zero attached hydrogens (tertiary/aromatic N) is 5. The summed E-state index contributed by atoms with van der Waals surface area (Å²) in [5.74, 6) is 0.576. The Balaban J connectivity index is 1.49. The van der Waals surface area contributed by atoms with Gasteiger partial charge in [-0.2, -0.15) is 0 Å². The van der Waals surface area contributed by atoms with Gasteiger partial charge in [0.15, 0.2) is 0 Å². The summed E-state index contributed by atoms with van der Waals surface area (Å²) in [6.07, 6.45) is 3.65. The zero-order chi connectivity index (χ0) is 20.2. The maximum atomic E-state index is 13.5. The Morgan fingerprint density at radius 2 is 2.14 bits per heavy atom. The lowest BCUT2D eigenvalue weighted by Gasteiger charge is -2.37. The van der Waals surface area contributed by atoms with Crippen LogP contribution in [0.15, 0.2) is 40.4 Å². The van der Waals surface area contributed by atoms with Gasteiger partial charge in [-0.25, -0.2) is 4.39 Å². The van der Waals surface area contributed by atoms with Crippen LogP contribution in [0.2, 0.25) is 0 Å². The van der Waals surface area contributed by atoms with Gasteiger partial charge in [0.05, 0.1) is 12.1 Å². The van der Waals surface area contributed by atoms with Gasteiger partial charge in [0, 0.05) is 49.2 Å². The Morgan fingerprint density at radius 3 is 2.83 bits per heavy atom. The van der Waals surface area contributed by atoms with Crippen molar-refractivity contribution in [1.29, 1.82) is 0 Å². The molecule has 152 valence electrons. The topological polar surface area (TPSA) is 75.4 Å². The van der Waals surface area contributed by atoms with Crippen molar-refractivity contribution in [2.45, 2.75) is 38.9 Å². The molecule has 1 aliphatic rings. The number of aromatic nitrogens is 3. The summed E-state index contributed by atoms with van der Waals surface area (Å²) in [4.78, 5) is 21.1. The predicted octanol–water partition coefficient (Wildman–Crippen LogP) is 3.35. The highest BCUT2D eigenvalue weighted by Gasteiger charge is 2.27. The molecule has 4 rings (SSSR count). The Labute approximate surface area is 172 Å². The summed E-state index contributed by atoms with van der Waals surface area (Å²) in [7, 11) is 0. The maximum Gasteiger partial charge on any atom is 0.247 e. The molecular formula is C20H22FN5O2S. The minimum Gasteiger partial charge on any atom is -0.419 e. The summed E-state index contributed by atoms with van der Waals surface area (Å²) in [6.45, 7) is 4.33. The first-order valence-corrected chi connectivity index (χ1v) is 10.4. The van der Waals surface area contributed by atoms with E-state index in [1.165, 1.54) is 12.1 Å². The van der Waals surface area contributed by atoms with Crippen LogP contribution in [-0.2, 0) is 17.9 Å². The number of likely N-dealkylation sites (tertiary alicyclic amines) is 1. The molecule has 7 nitrogen and oxygen atoms in total. The summed E-state index contributed by atoms with van der Waals surface area (Å²) >= 11 is 1.61. The first kappa shape index (κ1) is 19.7. The number of thiazole rings is 1. The van der Waals surface area contributed by atoms with Crippen LogP contribution in [-0.4, -0.2) is 50.0 Å². The fraction of sp³-hybridized carbons (Fsp3) is 0.400. The lowest BCUT2D eigenvalue weighted by Crippen LogP contribution is -2.45. The van der Waals surface area contributed by atoms with Gasteiger partial charge in [-0.1, -0.05) is 6.07 Å². The van der Waals surface area contributed by atoms with Crippen molar-refractivity contribution in [3.05, 3.63) is 52.6 Å². The number of amides is 1. The molecule has 2 aromatic heterocycles. The van der Waals surface area contributed by atoms with Gasteiger partial charge < -0.3 is 9.32 Å². The fourth-order valence-electron chi connectivity index (χ4n) is 3.61. The minimum absolute atomic E-state index is 0.120. The number of benzene rings is 1. The highest BCUT2D eigenvalue weighted by Crippen LogP contribution is 2.24. The van der Waals surface area contributed by atoms with E-state index in [4.69, 9.17) is 4.42 Å². The third-order valence-corrected chi connectivity index (χ3v) is 5.91. The molecule has 0 bridgehead atoms. The third kappa shape index (κ3) is 4.86. The number of carbonyl (C=O) groups excluding carboxylic acids is 1. The summed E-state index contributed by atoms with van der Waals surface area (Å²) in [6, 6.07) is 6.42. The van der Waals surface area contributed by atoms with Crippen LogP contribution in [0.5, 0.6) is 0 Å². The van der Waals surface area contributed by atoms with Crippen molar-refractivity contribution < 1.29 is 13.6 Å².